The van der Waals surface area contributed by atoms with Crippen LogP contribution in [0.1, 0.15) is 40.9 Å². The molecule has 1 fully saturated rings. The lowest BCUT2D eigenvalue weighted by molar-refractivity contribution is -0.121. The Balaban J connectivity index is 1.32. The van der Waals surface area contributed by atoms with E-state index in [0.717, 1.165) is 12.1 Å². The molecule has 2 aromatic heterocycles. The van der Waals surface area contributed by atoms with Gasteiger partial charge < -0.3 is 24.8 Å². The van der Waals surface area contributed by atoms with E-state index in [-0.39, 0.29) is 23.8 Å². The predicted octanol–water partition coefficient (Wildman–Crippen LogP) is 4.28. The molecule has 0 saturated carbocycles. The Bertz CT molecular complexity index is 1630. The molecule has 1 unspecified atom stereocenters. The molecule has 2 atom stereocenters. The highest BCUT2D eigenvalue weighted by Crippen LogP contribution is 2.34. The first kappa shape index (κ1) is 25.9. The van der Waals surface area contributed by atoms with Gasteiger partial charge in [0.25, 0.3) is 5.91 Å². The normalized spacial score (nSPS) is 18.7. The number of hydrogen-bond acceptors (Lipinski definition) is 5. The number of aromatic nitrogens is 2. The van der Waals surface area contributed by atoms with Gasteiger partial charge in [0.1, 0.15) is 5.82 Å². The number of carbonyl (C=O) groups is 2. The van der Waals surface area contributed by atoms with Crippen LogP contribution in [-0.2, 0) is 11.2 Å². The Hall–Kier alpha value is -4.40. The first-order chi connectivity index (χ1) is 19.2. The maximum absolute atomic E-state index is 15.4. The summed E-state index contributed by atoms with van der Waals surface area (Å²) in [5.74, 6) is -0.979. The van der Waals surface area contributed by atoms with Crippen LogP contribution in [0.5, 0.6) is 0 Å². The molecule has 9 heteroatoms. The molecule has 0 bridgehead atoms. The molecule has 4 heterocycles. The Kier molecular flexibility index (Phi) is 6.44. The summed E-state index contributed by atoms with van der Waals surface area (Å²) in [4.78, 5) is 35.9. The van der Waals surface area contributed by atoms with Crippen molar-refractivity contribution in [3.8, 4) is 11.3 Å². The van der Waals surface area contributed by atoms with Crippen molar-refractivity contribution in [3.63, 3.8) is 0 Å². The van der Waals surface area contributed by atoms with E-state index in [1.165, 1.54) is 17.2 Å². The average Bonchev–Trinajstić information content (AvgIpc) is 3.60. The van der Waals surface area contributed by atoms with Crippen LogP contribution in [0.3, 0.4) is 0 Å². The average molecular weight is 541 g/mol. The molecule has 0 aliphatic carbocycles. The topological polar surface area (TPSA) is 87.2 Å². The van der Waals surface area contributed by atoms with E-state index >= 15 is 4.39 Å². The first-order valence-electron chi connectivity index (χ1n) is 13.6. The van der Waals surface area contributed by atoms with Gasteiger partial charge in [-0.15, -0.1) is 0 Å². The minimum atomic E-state index is -0.396. The highest BCUT2D eigenvalue weighted by atomic mass is 19.1. The fourth-order valence-electron chi connectivity index (χ4n) is 6.01. The fourth-order valence-corrected chi connectivity index (χ4v) is 6.01. The second kappa shape index (κ2) is 9.97. The van der Waals surface area contributed by atoms with Crippen molar-refractivity contribution < 1.29 is 14.0 Å². The SMILES string of the molecule is C[C@@H]1c2ccccc2CCN1C(=O)c1cc(N(C)C)c2nc(-c3ccc(N4CCC(C(N)=O)C4)cc3F)cn2c1. The molecule has 4 aromatic rings. The maximum atomic E-state index is 15.4. The number of primary amides is 1. The number of hydrogen-bond donors (Lipinski definition) is 1. The smallest absolute Gasteiger partial charge is 0.255 e. The summed E-state index contributed by atoms with van der Waals surface area (Å²) in [6.45, 7) is 3.87. The Morgan fingerprint density at radius 3 is 2.60 bits per heavy atom. The van der Waals surface area contributed by atoms with Gasteiger partial charge >= 0.3 is 0 Å². The lowest BCUT2D eigenvalue weighted by Crippen LogP contribution is -2.39. The number of anilines is 2. The van der Waals surface area contributed by atoms with Gasteiger partial charge in [0.05, 0.1) is 28.9 Å². The third-order valence-electron chi connectivity index (χ3n) is 8.30. The molecule has 206 valence electrons. The van der Waals surface area contributed by atoms with Crippen LogP contribution in [0, 0.1) is 11.7 Å². The molecule has 2 amide bonds. The minimum absolute atomic E-state index is 0.0317. The summed E-state index contributed by atoms with van der Waals surface area (Å²) in [5.41, 5.74) is 11.5. The molecule has 8 nitrogen and oxygen atoms in total. The fraction of sp³-hybridized carbons (Fsp3) is 0.323. The number of nitrogens with zero attached hydrogens (tertiary/aromatic N) is 5. The van der Waals surface area contributed by atoms with E-state index in [4.69, 9.17) is 10.7 Å². The van der Waals surface area contributed by atoms with Crippen LogP contribution >= 0.6 is 0 Å². The zero-order chi connectivity index (χ0) is 28.1. The van der Waals surface area contributed by atoms with E-state index in [1.54, 1.807) is 18.5 Å². The van der Waals surface area contributed by atoms with Crippen molar-refractivity contribution in [2.24, 2.45) is 11.7 Å². The summed E-state index contributed by atoms with van der Waals surface area (Å²) in [7, 11) is 3.81. The molecular formula is C31H33FN6O2. The maximum Gasteiger partial charge on any atom is 0.255 e. The van der Waals surface area contributed by atoms with Crippen LogP contribution in [0.4, 0.5) is 15.8 Å². The van der Waals surface area contributed by atoms with E-state index < -0.39 is 5.82 Å². The van der Waals surface area contributed by atoms with Gasteiger partial charge in [0.15, 0.2) is 5.65 Å². The van der Waals surface area contributed by atoms with E-state index in [9.17, 15) is 9.59 Å². The molecule has 0 spiro atoms. The lowest BCUT2D eigenvalue weighted by atomic mass is 9.93. The third kappa shape index (κ3) is 4.45. The van der Waals surface area contributed by atoms with Crippen LogP contribution in [0.15, 0.2) is 60.9 Å². The number of halogens is 1. The molecule has 40 heavy (non-hydrogen) atoms. The molecule has 0 radical (unpaired) electrons. The van der Waals surface area contributed by atoms with Gasteiger partial charge in [-0.3, -0.25) is 9.59 Å². The standard InChI is InChI=1S/C31H33FN6O2/c1-19-24-7-5-4-6-20(24)11-13-38(19)31(40)22-14-28(35(2)3)30-34-27(18-37(30)17-22)25-9-8-23(15-26(25)32)36-12-10-21(16-36)29(33)39/h4-9,14-15,17-19,21H,10-13,16H2,1-3H3,(H2,33,39)/t19-,21?/m1/s1. The van der Waals surface area contributed by atoms with Gasteiger partial charge in [-0.25, -0.2) is 9.37 Å². The van der Waals surface area contributed by atoms with Crippen molar-refractivity contribution in [3.05, 3.63) is 83.4 Å². The Morgan fingerprint density at radius 1 is 1.07 bits per heavy atom. The number of amides is 2. The van der Waals surface area contributed by atoms with Gasteiger partial charge in [-0.2, -0.15) is 0 Å². The number of rotatable bonds is 5. The Morgan fingerprint density at radius 2 is 1.88 bits per heavy atom. The zero-order valence-corrected chi connectivity index (χ0v) is 23.0. The predicted molar refractivity (Wildman–Crippen MR) is 154 cm³/mol. The highest BCUT2D eigenvalue weighted by Gasteiger charge is 2.30. The molecule has 2 aromatic carbocycles. The largest absolute Gasteiger partial charge is 0.375 e. The van der Waals surface area contributed by atoms with Crippen molar-refractivity contribution in [1.29, 1.82) is 0 Å². The van der Waals surface area contributed by atoms with Gasteiger partial charge in [0, 0.05) is 57.4 Å². The van der Waals surface area contributed by atoms with Crippen molar-refractivity contribution in [1.82, 2.24) is 14.3 Å². The summed E-state index contributed by atoms with van der Waals surface area (Å²) in [6, 6.07) is 15.2. The van der Waals surface area contributed by atoms with Crippen LogP contribution in [0.25, 0.3) is 16.9 Å². The lowest BCUT2D eigenvalue weighted by Gasteiger charge is -2.35. The number of nitrogens with two attached hydrogens (primary N) is 1. The van der Waals surface area contributed by atoms with Gasteiger partial charge in [-0.1, -0.05) is 24.3 Å². The van der Waals surface area contributed by atoms with Crippen molar-refractivity contribution >= 4 is 28.8 Å². The molecular weight excluding hydrogens is 507 g/mol. The second-order valence-corrected chi connectivity index (χ2v) is 11.0. The highest BCUT2D eigenvalue weighted by molar-refractivity contribution is 5.96. The molecule has 2 aliphatic rings. The van der Waals surface area contributed by atoms with Crippen LogP contribution in [0.2, 0.25) is 0 Å². The summed E-state index contributed by atoms with van der Waals surface area (Å²) < 4.78 is 17.2. The second-order valence-electron chi connectivity index (χ2n) is 11.0. The van der Waals surface area contributed by atoms with Crippen molar-refractivity contribution in [2.75, 3.05) is 43.5 Å². The van der Waals surface area contributed by atoms with Crippen LogP contribution in [-0.4, -0.2) is 59.8 Å². The van der Waals surface area contributed by atoms with Gasteiger partial charge in [-0.05, 0) is 55.2 Å². The molecule has 2 aliphatic heterocycles. The van der Waals surface area contributed by atoms with Crippen LogP contribution < -0.4 is 15.5 Å². The Labute approximate surface area is 232 Å². The molecule has 1 saturated heterocycles. The van der Waals surface area contributed by atoms with E-state index in [2.05, 4.69) is 19.1 Å². The monoisotopic (exact) mass is 540 g/mol. The van der Waals surface area contributed by atoms with Crippen molar-refractivity contribution in [2.45, 2.75) is 25.8 Å². The molecule has 6 rings (SSSR count). The number of carbonyl (C=O) groups excluding carboxylic acids is 2. The first-order valence-corrected chi connectivity index (χ1v) is 13.6. The zero-order valence-electron chi connectivity index (χ0n) is 23.0. The quantitative estimate of drug-likeness (QED) is 0.409. The number of pyridine rings is 1. The third-order valence-corrected chi connectivity index (χ3v) is 8.30. The summed E-state index contributed by atoms with van der Waals surface area (Å²) in [6.07, 6.45) is 5.04. The summed E-state index contributed by atoms with van der Waals surface area (Å²) >= 11 is 0. The minimum Gasteiger partial charge on any atom is -0.375 e. The number of benzene rings is 2. The van der Waals surface area contributed by atoms with E-state index in [0.29, 0.717) is 54.2 Å². The summed E-state index contributed by atoms with van der Waals surface area (Å²) in [5, 5.41) is 0. The molecule has 2 N–H and O–H groups in total. The number of fused-ring (bicyclic) bond motifs is 2. The van der Waals surface area contributed by atoms with Gasteiger partial charge in [0.2, 0.25) is 5.91 Å². The number of imidazole rings is 1. The van der Waals surface area contributed by atoms with E-state index in [1.807, 2.05) is 57.5 Å².